The molecule has 0 saturated heterocycles. The molecule has 1 aromatic heterocycles. The summed E-state index contributed by atoms with van der Waals surface area (Å²) in [6.45, 7) is 2.38. The molecule has 0 amide bonds. The van der Waals surface area contributed by atoms with Gasteiger partial charge in [-0.1, -0.05) is 6.92 Å². The van der Waals surface area contributed by atoms with E-state index in [4.69, 9.17) is 18.0 Å². The van der Waals surface area contributed by atoms with E-state index >= 15 is 0 Å². The third kappa shape index (κ3) is 2.52. The quantitative estimate of drug-likeness (QED) is 0.725. The van der Waals surface area contributed by atoms with Gasteiger partial charge in [-0.2, -0.15) is 0 Å². The monoisotopic (exact) mass is 276 g/mol. The summed E-state index contributed by atoms with van der Waals surface area (Å²) < 4.78 is 0. The first-order valence-corrected chi connectivity index (χ1v) is 7.25. The maximum atomic E-state index is 5.56. The molecule has 4 N–H and O–H groups in total. The molecule has 0 aliphatic heterocycles. The molecule has 3 atom stereocenters. The highest BCUT2D eigenvalue weighted by molar-refractivity contribution is 7.80. The Bertz CT molecular complexity index is 487. The number of fused-ring (bicyclic) bond motifs is 2. The first-order chi connectivity index (χ1) is 9.05. The lowest BCUT2D eigenvalue weighted by molar-refractivity contribution is 0.262. The number of nitrogens with one attached hydrogen (secondary N) is 2. The van der Waals surface area contributed by atoms with Crippen molar-refractivity contribution in [3.05, 3.63) is 18.3 Å². The molecular weight excluding hydrogens is 256 g/mol. The van der Waals surface area contributed by atoms with Crippen LogP contribution in [0.4, 0.5) is 11.5 Å². The topological polar surface area (TPSA) is 63.0 Å². The van der Waals surface area contributed by atoms with Gasteiger partial charge in [-0.25, -0.2) is 4.98 Å². The molecule has 1 heterocycles. The van der Waals surface area contributed by atoms with Crippen LogP contribution < -0.4 is 16.4 Å². The van der Waals surface area contributed by atoms with Crippen molar-refractivity contribution in [3.63, 3.8) is 0 Å². The average Bonchev–Trinajstić information content (AvgIpc) is 2.87. The largest absolute Gasteiger partial charge is 0.384 e. The number of thiocarbonyl (C=S) groups is 1. The predicted octanol–water partition coefficient (Wildman–Crippen LogP) is 2.53. The second-order valence-corrected chi connectivity index (χ2v) is 6.53. The van der Waals surface area contributed by atoms with Gasteiger partial charge in [0.25, 0.3) is 0 Å². The van der Waals surface area contributed by atoms with Crippen molar-refractivity contribution in [1.82, 2.24) is 10.3 Å². The molecule has 2 fully saturated rings. The molecule has 2 bridgehead atoms. The van der Waals surface area contributed by atoms with Crippen molar-refractivity contribution in [3.8, 4) is 0 Å². The summed E-state index contributed by atoms with van der Waals surface area (Å²) >= 11 is 5.39. The van der Waals surface area contributed by atoms with Gasteiger partial charge in [-0.15, -0.1) is 0 Å². The number of anilines is 2. The first-order valence-electron chi connectivity index (χ1n) is 6.84. The molecule has 5 heteroatoms. The van der Waals surface area contributed by atoms with Crippen molar-refractivity contribution < 1.29 is 0 Å². The smallest absolute Gasteiger partial charge is 0.171 e. The van der Waals surface area contributed by atoms with Gasteiger partial charge in [-0.05, 0) is 61.4 Å². The minimum atomic E-state index is 0.426. The number of aromatic nitrogens is 1. The lowest BCUT2D eigenvalue weighted by atomic mass is 9.82. The molecule has 19 heavy (non-hydrogen) atoms. The molecule has 2 aliphatic rings. The summed E-state index contributed by atoms with van der Waals surface area (Å²) in [7, 11) is 0. The molecule has 2 saturated carbocycles. The zero-order valence-electron chi connectivity index (χ0n) is 11.1. The minimum Gasteiger partial charge on any atom is -0.384 e. The highest BCUT2D eigenvalue weighted by atomic mass is 32.1. The van der Waals surface area contributed by atoms with E-state index in [1.807, 2.05) is 6.07 Å². The second-order valence-electron chi connectivity index (χ2n) is 6.12. The molecule has 0 aromatic carbocycles. The number of rotatable bonds is 2. The van der Waals surface area contributed by atoms with Crippen LogP contribution in [0.1, 0.15) is 32.6 Å². The molecule has 1 aromatic rings. The Morgan fingerprint density at radius 1 is 1.53 bits per heavy atom. The van der Waals surface area contributed by atoms with Gasteiger partial charge >= 0.3 is 0 Å². The van der Waals surface area contributed by atoms with E-state index in [1.54, 1.807) is 12.3 Å². The van der Waals surface area contributed by atoms with Crippen molar-refractivity contribution in [2.45, 2.75) is 38.6 Å². The molecule has 4 nitrogen and oxygen atoms in total. The van der Waals surface area contributed by atoms with Crippen LogP contribution in [-0.2, 0) is 0 Å². The predicted molar refractivity (Wildman–Crippen MR) is 81.9 cm³/mol. The standard InChI is InChI=1S/C14H20N4S/c1-14-5-4-9(7-14)6-11(14)18-13(19)17-10-2-3-12(15)16-8-10/h2-3,8-9,11H,4-7H2,1H3,(H2,15,16)(H2,17,18,19)/t9-,11?,14-/m1/s1. The Morgan fingerprint density at radius 3 is 2.95 bits per heavy atom. The van der Waals surface area contributed by atoms with Gasteiger partial charge in [0.05, 0.1) is 11.9 Å². The molecule has 0 radical (unpaired) electrons. The van der Waals surface area contributed by atoms with E-state index in [2.05, 4.69) is 22.5 Å². The second kappa shape index (κ2) is 4.63. The molecule has 102 valence electrons. The third-order valence-corrected chi connectivity index (χ3v) is 4.86. The maximum absolute atomic E-state index is 5.56. The van der Waals surface area contributed by atoms with Crippen LogP contribution in [0.15, 0.2) is 18.3 Å². The van der Waals surface area contributed by atoms with Crippen LogP contribution in [0.5, 0.6) is 0 Å². The van der Waals surface area contributed by atoms with Crippen LogP contribution in [0.25, 0.3) is 0 Å². The summed E-state index contributed by atoms with van der Waals surface area (Å²) in [6.07, 6.45) is 7.00. The van der Waals surface area contributed by atoms with Crippen molar-refractivity contribution in [2.24, 2.45) is 11.3 Å². The van der Waals surface area contributed by atoms with Crippen molar-refractivity contribution in [2.75, 3.05) is 11.1 Å². The lowest BCUT2D eigenvalue weighted by Gasteiger charge is -2.33. The summed E-state index contributed by atoms with van der Waals surface area (Å²) in [5, 5.41) is 7.34. The van der Waals surface area contributed by atoms with Gasteiger partial charge in [0, 0.05) is 6.04 Å². The molecule has 0 spiro atoms. The summed E-state index contributed by atoms with van der Waals surface area (Å²) in [4.78, 5) is 4.04. The molecule has 3 rings (SSSR count). The number of hydrogen-bond acceptors (Lipinski definition) is 3. The molecule has 1 unspecified atom stereocenters. The van der Waals surface area contributed by atoms with Crippen molar-refractivity contribution >= 4 is 28.8 Å². The summed E-state index contributed by atoms with van der Waals surface area (Å²) in [6, 6.07) is 4.16. The van der Waals surface area contributed by atoms with Crippen LogP contribution in [0.3, 0.4) is 0 Å². The Morgan fingerprint density at radius 2 is 2.37 bits per heavy atom. The van der Waals surface area contributed by atoms with E-state index in [0.29, 0.717) is 22.4 Å². The number of nitrogens with zero attached hydrogens (tertiary/aromatic N) is 1. The van der Waals surface area contributed by atoms with Gasteiger partial charge in [0.2, 0.25) is 0 Å². The van der Waals surface area contributed by atoms with Crippen LogP contribution in [-0.4, -0.2) is 16.1 Å². The van der Waals surface area contributed by atoms with Crippen molar-refractivity contribution in [1.29, 1.82) is 0 Å². The Kier molecular flexibility index (Phi) is 3.09. The highest BCUT2D eigenvalue weighted by Crippen LogP contribution is 2.53. The SMILES string of the molecule is C[C@]12CC[C@H](CC1NC(=S)Nc1ccc(N)nc1)C2. The number of pyridine rings is 1. The van der Waals surface area contributed by atoms with Crippen LogP contribution >= 0.6 is 12.2 Å². The van der Waals surface area contributed by atoms with Gasteiger partial charge in [0.15, 0.2) is 5.11 Å². The van der Waals surface area contributed by atoms with E-state index in [1.165, 1.54) is 25.7 Å². The van der Waals surface area contributed by atoms with Gasteiger partial charge < -0.3 is 16.4 Å². The van der Waals surface area contributed by atoms with Crippen LogP contribution in [0, 0.1) is 11.3 Å². The Labute approximate surface area is 119 Å². The van der Waals surface area contributed by atoms with E-state index in [9.17, 15) is 0 Å². The zero-order valence-corrected chi connectivity index (χ0v) is 12.0. The average molecular weight is 276 g/mol. The Balaban J connectivity index is 1.59. The molecule has 2 aliphatic carbocycles. The number of hydrogen-bond donors (Lipinski definition) is 3. The fourth-order valence-electron chi connectivity index (χ4n) is 3.57. The normalized spacial score (nSPS) is 32.3. The Hall–Kier alpha value is -1.36. The minimum absolute atomic E-state index is 0.426. The maximum Gasteiger partial charge on any atom is 0.171 e. The fraction of sp³-hybridized carbons (Fsp3) is 0.571. The highest BCUT2D eigenvalue weighted by Gasteiger charge is 2.48. The van der Waals surface area contributed by atoms with E-state index in [0.717, 1.165) is 11.6 Å². The summed E-state index contributed by atoms with van der Waals surface area (Å²) in [5.41, 5.74) is 6.86. The van der Waals surface area contributed by atoms with E-state index in [-0.39, 0.29) is 0 Å². The fourth-order valence-corrected chi connectivity index (χ4v) is 3.83. The number of nitrogens with two attached hydrogens (primary N) is 1. The van der Waals surface area contributed by atoms with Crippen LogP contribution in [0.2, 0.25) is 0 Å². The van der Waals surface area contributed by atoms with Gasteiger partial charge in [-0.3, -0.25) is 0 Å². The zero-order chi connectivity index (χ0) is 13.5. The number of nitrogen functional groups attached to an aromatic ring is 1. The summed E-state index contributed by atoms with van der Waals surface area (Å²) in [5.74, 6) is 1.41. The van der Waals surface area contributed by atoms with E-state index < -0.39 is 0 Å². The third-order valence-electron chi connectivity index (χ3n) is 4.64. The first kappa shape index (κ1) is 12.7. The molecular formula is C14H20N4S. The van der Waals surface area contributed by atoms with Gasteiger partial charge in [0.1, 0.15) is 5.82 Å². The lowest BCUT2D eigenvalue weighted by Crippen LogP contribution is -2.45.